The number of pyridine rings is 1. The molecule has 2 amide bonds. The van der Waals surface area contributed by atoms with Crippen molar-refractivity contribution in [2.45, 2.75) is 71.0 Å². The van der Waals surface area contributed by atoms with Gasteiger partial charge >= 0.3 is 0 Å². The lowest BCUT2D eigenvalue weighted by molar-refractivity contribution is -0.142. The summed E-state index contributed by atoms with van der Waals surface area (Å²) in [4.78, 5) is 32.9. The summed E-state index contributed by atoms with van der Waals surface area (Å²) in [6.07, 6.45) is 4.57. The summed E-state index contributed by atoms with van der Waals surface area (Å²) in [7, 11) is 0. The van der Waals surface area contributed by atoms with Crippen molar-refractivity contribution >= 4 is 11.8 Å². The summed E-state index contributed by atoms with van der Waals surface area (Å²) < 4.78 is 15.7. The summed E-state index contributed by atoms with van der Waals surface area (Å²) in [5, 5.41) is 21.5. The Morgan fingerprint density at radius 2 is 1.90 bits per heavy atom. The van der Waals surface area contributed by atoms with E-state index in [1.165, 1.54) is 18.3 Å². The minimum Gasteiger partial charge on any atom is -0.394 e. The summed E-state index contributed by atoms with van der Waals surface area (Å²) in [5.41, 5.74) is 2.08. The van der Waals surface area contributed by atoms with E-state index in [4.69, 9.17) is 0 Å². The molecular weight excluding hydrogens is 499 g/mol. The fraction of sp³-hybridized carbons (Fsp3) is 0.483. The zero-order chi connectivity index (χ0) is 28.3. The number of aliphatic hydroxyl groups excluding tert-OH is 1. The number of carbonyl (C=O) groups excluding carboxylic acids is 2. The monoisotopic (exact) mass is 536 g/mol. The molecule has 10 heteroatoms. The number of halogens is 1. The van der Waals surface area contributed by atoms with Gasteiger partial charge in [-0.1, -0.05) is 64.1 Å². The van der Waals surface area contributed by atoms with Crippen molar-refractivity contribution in [2.24, 2.45) is 5.92 Å². The maximum absolute atomic E-state index is 14.1. The van der Waals surface area contributed by atoms with Crippen LogP contribution in [0.25, 0.3) is 11.3 Å². The van der Waals surface area contributed by atoms with Crippen LogP contribution < -0.4 is 5.32 Å². The van der Waals surface area contributed by atoms with Gasteiger partial charge in [0.1, 0.15) is 23.6 Å². The van der Waals surface area contributed by atoms with E-state index < -0.39 is 23.9 Å². The molecule has 1 saturated heterocycles. The number of nitrogens with zero attached hydrogens (tertiary/aromatic N) is 5. The minimum absolute atomic E-state index is 0.0658. The molecule has 1 aliphatic rings. The third kappa shape index (κ3) is 6.16. The van der Waals surface area contributed by atoms with Crippen LogP contribution in [0, 0.1) is 11.7 Å². The lowest BCUT2D eigenvalue weighted by atomic mass is 9.93. The summed E-state index contributed by atoms with van der Waals surface area (Å²) in [6.45, 7) is 10.2. The number of rotatable bonds is 8. The highest BCUT2D eigenvalue weighted by Gasteiger charge is 2.40. The quantitative estimate of drug-likeness (QED) is 0.453. The van der Waals surface area contributed by atoms with Crippen LogP contribution in [0.4, 0.5) is 4.39 Å². The molecule has 0 aliphatic carbocycles. The van der Waals surface area contributed by atoms with E-state index in [0.29, 0.717) is 30.5 Å². The van der Waals surface area contributed by atoms with Gasteiger partial charge in [-0.15, -0.1) is 5.10 Å². The minimum atomic E-state index is -0.678. The highest BCUT2D eigenvalue weighted by atomic mass is 19.1. The Morgan fingerprint density at radius 3 is 2.49 bits per heavy atom. The topological polar surface area (TPSA) is 113 Å². The van der Waals surface area contributed by atoms with Crippen molar-refractivity contribution in [3.63, 3.8) is 0 Å². The predicted molar refractivity (Wildman–Crippen MR) is 145 cm³/mol. The van der Waals surface area contributed by atoms with Crippen molar-refractivity contribution in [1.82, 2.24) is 30.2 Å². The Bertz CT molecular complexity index is 1300. The molecule has 2 N–H and O–H groups in total. The second kappa shape index (κ2) is 11.6. The summed E-state index contributed by atoms with van der Waals surface area (Å²) in [6, 6.07) is 7.83. The first-order valence-electron chi connectivity index (χ1n) is 13.4. The molecule has 2 aromatic heterocycles. The molecule has 1 aliphatic heterocycles. The Hall–Kier alpha value is -3.66. The molecule has 3 heterocycles. The molecular formula is C29H37FN6O3. The average molecular weight is 537 g/mol. The van der Waals surface area contributed by atoms with Crippen molar-refractivity contribution < 1.29 is 19.1 Å². The van der Waals surface area contributed by atoms with E-state index in [9.17, 15) is 19.1 Å². The van der Waals surface area contributed by atoms with Gasteiger partial charge in [-0.3, -0.25) is 14.6 Å². The molecule has 1 aromatic carbocycles. The van der Waals surface area contributed by atoms with Gasteiger partial charge < -0.3 is 15.3 Å². The van der Waals surface area contributed by atoms with Crippen molar-refractivity contribution in [3.8, 4) is 11.3 Å². The third-order valence-corrected chi connectivity index (χ3v) is 7.13. The molecule has 0 spiro atoms. The highest BCUT2D eigenvalue weighted by Crippen LogP contribution is 2.29. The van der Waals surface area contributed by atoms with Crippen LogP contribution in [0.1, 0.15) is 70.8 Å². The Kier molecular flexibility index (Phi) is 8.44. The molecule has 9 nitrogen and oxygen atoms in total. The number of aromatic nitrogens is 4. The number of hydrogen-bond acceptors (Lipinski definition) is 6. The molecule has 0 radical (unpaired) electrons. The zero-order valence-corrected chi connectivity index (χ0v) is 23.1. The fourth-order valence-electron chi connectivity index (χ4n) is 4.91. The Morgan fingerprint density at radius 1 is 1.18 bits per heavy atom. The van der Waals surface area contributed by atoms with Crippen LogP contribution in [-0.2, 0) is 15.0 Å². The van der Waals surface area contributed by atoms with Crippen molar-refractivity contribution in [1.29, 1.82) is 0 Å². The second-order valence-electron chi connectivity index (χ2n) is 11.4. The van der Waals surface area contributed by atoms with E-state index in [0.717, 1.165) is 5.69 Å². The molecule has 0 saturated carbocycles. The van der Waals surface area contributed by atoms with Gasteiger partial charge in [0.2, 0.25) is 11.8 Å². The zero-order valence-electron chi connectivity index (χ0n) is 23.1. The third-order valence-electron chi connectivity index (χ3n) is 7.13. The summed E-state index contributed by atoms with van der Waals surface area (Å²) in [5.74, 6) is -0.987. The van der Waals surface area contributed by atoms with Crippen LogP contribution in [0.3, 0.4) is 0 Å². The largest absolute Gasteiger partial charge is 0.394 e. The van der Waals surface area contributed by atoms with Crippen molar-refractivity contribution in [3.05, 3.63) is 65.9 Å². The lowest BCUT2D eigenvalue weighted by Crippen LogP contribution is -2.50. The molecule has 39 heavy (non-hydrogen) atoms. The van der Waals surface area contributed by atoms with Crippen LogP contribution in [0.15, 0.2) is 48.8 Å². The highest BCUT2D eigenvalue weighted by molar-refractivity contribution is 5.90. The molecule has 3 aromatic rings. The Balaban J connectivity index is 1.49. The van der Waals surface area contributed by atoms with Crippen LogP contribution in [0.2, 0.25) is 0 Å². The second-order valence-corrected chi connectivity index (χ2v) is 11.4. The maximum Gasteiger partial charge on any atom is 0.248 e. The van der Waals surface area contributed by atoms with Gasteiger partial charge in [-0.05, 0) is 36.5 Å². The number of likely N-dealkylation sites (tertiary alicyclic amines) is 1. The number of hydrogen-bond donors (Lipinski definition) is 2. The van der Waals surface area contributed by atoms with Gasteiger partial charge in [0.05, 0.1) is 18.3 Å². The van der Waals surface area contributed by atoms with E-state index in [1.54, 1.807) is 33.8 Å². The van der Waals surface area contributed by atoms with Gasteiger partial charge in [0, 0.05) is 29.9 Å². The van der Waals surface area contributed by atoms with Crippen LogP contribution in [0.5, 0.6) is 0 Å². The SMILES string of the molecule is CC(C)[C@@H](C(=O)N1CCC[C@H]1C(=O)N[C@@H](CO)c1ccc(-c2ncccc2F)cc1)n1cc(C(C)(C)C)nn1. The van der Waals surface area contributed by atoms with Gasteiger partial charge in [-0.25, -0.2) is 9.07 Å². The first kappa shape index (κ1) is 28.4. The first-order chi connectivity index (χ1) is 18.5. The van der Waals surface area contributed by atoms with E-state index in [2.05, 4.69) is 20.6 Å². The van der Waals surface area contributed by atoms with Gasteiger partial charge in [-0.2, -0.15) is 0 Å². The molecule has 0 bridgehead atoms. The van der Waals surface area contributed by atoms with E-state index >= 15 is 0 Å². The number of benzene rings is 1. The van der Waals surface area contributed by atoms with Gasteiger partial charge in [0.15, 0.2) is 0 Å². The molecule has 0 unspecified atom stereocenters. The molecule has 3 atom stereocenters. The smallest absolute Gasteiger partial charge is 0.248 e. The van der Waals surface area contributed by atoms with Crippen LogP contribution in [-0.4, -0.2) is 61.0 Å². The number of amides is 2. The average Bonchev–Trinajstić information content (AvgIpc) is 3.58. The van der Waals surface area contributed by atoms with Crippen LogP contribution >= 0.6 is 0 Å². The predicted octanol–water partition coefficient (Wildman–Crippen LogP) is 3.81. The lowest BCUT2D eigenvalue weighted by Gasteiger charge is -2.30. The Labute approximate surface area is 228 Å². The van der Waals surface area contributed by atoms with E-state index in [-0.39, 0.29) is 35.4 Å². The molecule has 4 rings (SSSR count). The van der Waals surface area contributed by atoms with E-state index in [1.807, 2.05) is 40.8 Å². The number of aliphatic hydroxyl groups is 1. The van der Waals surface area contributed by atoms with Crippen molar-refractivity contribution in [2.75, 3.05) is 13.2 Å². The standard InChI is InChI=1S/C29H37FN6O3/c1-18(2)26(36-16-24(33-34-36)29(3,4)5)28(39)35-15-7-9-23(35)27(38)32-22(17-37)19-10-12-20(13-11-19)25-21(30)8-6-14-31-25/h6,8,10-14,16,18,22-23,26,37H,7,9,15,17H2,1-5H3,(H,32,38)/t22-,23-,26-/m0/s1. The molecule has 208 valence electrons. The maximum atomic E-state index is 14.1. The summed E-state index contributed by atoms with van der Waals surface area (Å²) >= 11 is 0. The van der Waals surface area contributed by atoms with Gasteiger partial charge in [0.25, 0.3) is 0 Å². The normalized spacial score (nSPS) is 17.3. The molecule has 1 fully saturated rings. The number of nitrogens with one attached hydrogen (secondary N) is 1. The fourth-order valence-corrected chi connectivity index (χ4v) is 4.91. The first-order valence-corrected chi connectivity index (χ1v) is 13.4. The number of carbonyl (C=O) groups is 2.